The number of nitrogens with one attached hydrogen (secondary N) is 2. The van der Waals surface area contributed by atoms with Gasteiger partial charge in [0.1, 0.15) is 11.6 Å². The maximum absolute atomic E-state index is 14.8. The maximum Gasteiger partial charge on any atom is 0.287 e. The Morgan fingerprint density at radius 2 is 1.65 bits per heavy atom. The van der Waals surface area contributed by atoms with Crippen molar-refractivity contribution in [1.82, 2.24) is 25.4 Å². The number of rotatable bonds is 10. The predicted octanol–water partition coefficient (Wildman–Crippen LogP) is 7.42. The van der Waals surface area contributed by atoms with E-state index >= 15 is 0 Å². The van der Waals surface area contributed by atoms with Crippen molar-refractivity contribution in [3.05, 3.63) is 87.3 Å². The molecule has 1 amide bonds. The summed E-state index contributed by atoms with van der Waals surface area (Å²) in [5.74, 6) is -10.6. The van der Waals surface area contributed by atoms with Crippen molar-refractivity contribution in [2.75, 3.05) is 12.3 Å². The van der Waals surface area contributed by atoms with Gasteiger partial charge in [0.25, 0.3) is 11.8 Å². The van der Waals surface area contributed by atoms with E-state index in [2.05, 4.69) is 15.4 Å². The van der Waals surface area contributed by atoms with Crippen LogP contribution in [0.3, 0.4) is 0 Å². The van der Waals surface area contributed by atoms with Gasteiger partial charge in [-0.2, -0.15) is 13.9 Å². The molecular formula is C32H29ClF8N6O. The van der Waals surface area contributed by atoms with Gasteiger partial charge in [0.15, 0.2) is 5.82 Å². The van der Waals surface area contributed by atoms with E-state index < -0.39 is 78.9 Å². The van der Waals surface area contributed by atoms with Crippen LogP contribution in [0.25, 0.3) is 22.0 Å². The molecule has 0 aliphatic heterocycles. The van der Waals surface area contributed by atoms with E-state index in [-0.39, 0.29) is 23.5 Å². The second-order valence-corrected chi connectivity index (χ2v) is 11.9. The zero-order chi connectivity index (χ0) is 35.1. The number of halogens is 9. The Kier molecular flexibility index (Phi) is 9.64. The number of alkyl halides is 6. The van der Waals surface area contributed by atoms with Crippen molar-refractivity contribution >= 4 is 34.2 Å². The molecule has 2 aromatic carbocycles. The number of allylic oxidation sites excluding steroid dienone is 2. The van der Waals surface area contributed by atoms with E-state index in [1.807, 2.05) is 5.32 Å². The molecule has 0 radical (unpaired) electrons. The van der Waals surface area contributed by atoms with Crippen LogP contribution in [-0.2, 0) is 18.3 Å². The molecule has 0 saturated heterocycles. The van der Waals surface area contributed by atoms with E-state index in [0.29, 0.717) is 38.8 Å². The summed E-state index contributed by atoms with van der Waals surface area (Å²) in [4.78, 5) is 18.0. The summed E-state index contributed by atoms with van der Waals surface area (Å²) in [7, 11) is 1.63. The summed E-state index contributed by atoms with van der Waals surface area (Å²) < 4.78 is 115. The molecular weight excluding hydrogens is 672 g/mol. The summed E-state index contributed by atoms with van der Waals surface area (Å²) in [6.07, 6.45) is -7.89. The molecule has 4 aromatic rings. The molecule has 48 heavy (non-hydrogen) atoms. The summed E-state index contributed by atoms with van der Waals surface area (Å²) in [6.45, 7) is 0.629. The fourth-order valence-corrected chi connectivity index (χ4v) is 6.17. The highest BCUT2D eigenvalue weighted by atomic mass is 35.5. The number of aryl methyl sites for hydroxylation is 2. The minimum absolute atomic E-state index is 0.0893. The largest absolute Gasteiger partial charge is 0.382 e. The second-order valence-electron chi connectivity index (χ2n) is 11.5. The van der Waals surface area contributed by atoms with Gasteiger partial charge in [-0.3, -0.25) is 14.5 Å². The zero-order valence-electron chi connectivity index (χ0n) is 25.5. The maximum atomic E-state index is 14.8. The van der Waals surface area contributed by atoms with Crippen LogP contribution in [0.4, 0.5) is 40.9 Å². The normalized spacial score (nSPS) is 16.4. The molecule has 0 spiro atoms. The highest BCUT2D eigenvalue weighted by Gasteiger charge is 2.51. The lowest BCUT2D eigenvalue weighted by atomic mass is 9.87. The third-order valence-electron chi connectivity index (χ3n) is 7.99. The molecule has 1 aliphatic carbocycles. The van der Waals surface area contributed by atoms with E-state index in [1.54, 1.807) is 38.2 Å². The number of pyridine rings is 1. The van der Waals surface area contributed by atoms with Gasteiger partial charge in [0.2, 0.25) is 12.3 Å². The number of hydrogen-bond acceptors (Lipinski definition) is 5. The number of anilines is 1. The number of fused-ring (bicyclic) bond motifs is 1. The van der Waals surface area contributed by atoms with E-state index in [1.165, 1.54) is 4.68 Å². The highest BCUT2D eigenvalue weighted by molar-refractivity contribution is 6.37. The van der Waals surface area contributed by atoms with Crippen molar-refractivity contribution in [2.45, 2.75) is 56.9 Å². The molecule has 0 saturated carbocycles. The first-order chi connectivity index (χ1) is 22.5. The lowest BCUT2D eigenvalue weighted by Crippen LogP contribution is -2.45. The Bertz CT molecular complexity index is 1890. The lowest BCUT2D eigenvalue weighted by molar-refractivity contribution is -0.121. The Balaban J connectivity index is 1.57. The minimum Gasteiger partial charge on any atom is -0.382 e. The van der Waals surface area contributed by atoms with Crippen LogP contribution in [0.1, 0.15) is 42.3 Å². The molecule has 2 aromatic heterocycles. The van der Waals surface area contributed by atoms with Crippen molar-refractivity contribution in [3.8, 4) is 11.1 Å². The van der Waals surface area contributed by atoms with Gasteiger partial charge < -0.3 is 16.4 Å². The topological polar surface area (TPSA) is 97.9 Å². The fraction of sp³-hybridized carbons (Fsp3) is 0.344. The Morgan fingerprint density at radius 3 is 2.31 bits per heavy atom. The monoisotopic (exact) mass is 700 g/mol. The van der Waals surface area contributed by atoms with Crippen LogP contribution in [0.15, 0.2) is 53.7 Å². The molecule has 1 aliphatic rings. The van der Waals surface area contributed by atoms with Gasteiger partial charge in [-0.05, 0) is 43.2 Å². The molecule has 256 valence electrons. The minimum atomic E-state index is -3.94. The van der Waals surface area contributed by atoms with Crippen LogP contribution in [0.2, 0.25) is 5.02 Å². The molecule has 2 heterocycles. The first-order valence-corrected chi connectivity index (χ1v) is 15.0. The number of aromatic nitrogens is 3. The van der Waals surface area contributed by atoms with Crippen LogP contribution in [0, 0.1) is 18.6 Å². The molecule has 16 heteroatoms. The van der Waals surface area contributed by atoms with Gasteiger partial charge in [-0.15, -0.1) is 0 Å². The smallest absolute Gasteiger partial charge is 0.287 e. The number of carbonyl (C=O) groups excluding carboxylic acids is 1. The molecule has 1 atom stereocenters. The predicted molar refractivity (Wildman–Crippen MR) is 164 cm³/mol. The lowest BCUT2D eigenvalue weighted by Gasteiger charge is -2.34. The molecule has 7 nitrogen and oxygen atoms in total. The van der Waals surface area contributed by atoms with Gasteiger partial charge in [0, 0.05) is 54.8 Å². The summed E-state index contributed by atoms with van der Waals surface area (Å²) in [6, 6.07) is 8.11. The molecule has 0 unspecified atom stereocenters. The third-order valence-corrected chi connectivity index (χ3v) is 8.31. The van der Waals surface area contributed by atoms with E-state index in [9.17, 15) is 39.9 Å². The summed E-state index contributed by atoms with van der Waals surface area (Å²) in [5.41, 5.74) is 5.35. The summed E-state index contributed by atoms with van der Waals surface area (Å²) in [5, 5.41) is 9.55. The van der Waals surface area contributed by atoms with Crippen LogP contribution in [0.5, 0.6) is 0 Å². The van der Waals surface area contributed by atoms with Crippen molar-refractivity contribution in [3.63, 3.8) is 0 Å². The fourth-order valence-electron chi connectivity index (χ4n) is 5.93. The number of benzene rings is 2. The second kappa shape index (κ2) is 13.2. The Hall–Kier alpha value is -4.40. The van der Waals surface area contributed by atoms with Gasteiger partial charge >= 0.3 is 0 Å². The summed E-state index contributed by atoms with van der Waals surface area (Å²) >= 11 is 6.41. The van der Waals surface area contributed by atoms with Gasteiger partial charge in [-0.25, -0.2) is 26.3 Å². The van der Waals surface area contributed by atoms with Crippen LogP contribution >= 0.6 is 11.6 Å². The van der Waals surface area contributed by atoms with Crippen LogP contribution < -0.4 is 16.4 Å². The Morgan fingerprint density at radius 1 is 1.00 bits per heavy atom. The average Bonchev–Trinajstić information content (AvgIpc) is 3.28. The first kappa shape index (κ1) is 34.9. The number of nitrogens with zero attached hydrogens (tertiary/aromatic N) is 3. The number of hydrogen-bond donors (Lipinski definition) is 3. The molecule has 4 N–H and O–H groups in total. The number of nitrogen functional groups attached to an aromatic ring is 1. The SMILES string of the molecule is Cc1ccc(-c2ccc(Cl)c3c(N)nn(C)c23)c([C@H](Cc2cc(F)cc(F)c2)NC(=O)CNC2=C(CC(F)F)C(F)(F)CCC2(F)F)n1. The van der Waals surface area contributed by atoms with Crippen molar-refractivity contribution in [2.24, 2.45) is 7.05 Å². The van der Waals surface area contributed by atoms with Gasteiger partial charge in [0.05, 0.1) is 39.9 Å². The van der Waals surface area contributed by atoms with E-state index in [4.69, 9.17) is 17.3 Å². The number of amides is 1. The molecule has 0 bridgehead atoms. The Labute approximate surface area is 274 Å². The van der Waals surface area contributed by atoms with Gasteiger partial charge in [-0.1, -0.05) is 23.7 Å². The standard InChI is InChI=1S/C32H29ClF8N6O/c1-15-3-4-19(20-5-6-22(33)26-28(20)47(2)46-30(26)42)27(44-15)23(11-16-9-17(34)12-18(35)10-16)45-25(48)14-43-29-21(13-24(36)37)31(38,39)7-8-32(29,40)41/h3-6,9-10,12,23-24,43H,7-8,11,13-14H2,1-2H3,(H2,42,46)(H,45,48)/t23-/m0/s1. The highest BCUT2D eigenvalue weighted by Crippen LogP contribution is 2.46. The quantitative estimate of drug-likeness (QED) is 0.150. The van der Waals surface area contributed by atoms with E-state index in [0.717, 1.165) is 12.1 Å². The number of carbonyl (C=O) groups is 1. The molecule has 5 rings (SSSR count). The van der Waals surface area contributed by atoms with Crippen molar-refractivity contribution in [1.29, 1.82) is 0 Å². The average molecular weight is 701 g/mol. The van der Waals surface area contributed by atoms with Crippen molar-refractivity contribution < 1.29 is 39.9 Å². The first-order valence-electron chi connectivity index (χ1n) is 14.6. The molecule has 0 fully saturated rings. The van der Waals surface area contributed by atoms with Crippen LogP contribution in [-0.4, -0.2) is 45.5 Å². The zero-order valence-corrected chi connectivity index (χ0v) is 26.2. The third kappa shape index (κ3) is 7.20. The number of nitrogens with two attached hydrogens (primary N) is 1.